The Morgan fingerprint density at radius 1 is 0.953 bits per heavy atom. The molecule has 0 fully saturated rings. The molecule has 0 amide bonds. The molecule has 43 heavy (non-hydrogen) atoms. The van der Waals surface area contributed by atoms with Crippen molar-refractivity contribution in [3.8, 4) is 28.1 Å². The van der Waals surface area contributed by atoms with Gasteiger partial charge in [-0.2, -0.15) is 5.10 Å². The minimum absolute atomic E-state index is 0.114. The van der Waals surface area contributed by atoms with Gasteiger partial charge in [0.25, 0.3) is 0 Å². The van der Waals surface area contributed by atoms with Crippen LogP contribution in [-0.2, 0) is 0 Å². The van der Waals surface area contributed by atoms with Crippen LogP contribution in [0, 0.1) is 11.6 Å². The van der Waals surface area contributed by atoms with Crippen LogP contribution in [0.3, 0.4) is 0 Å². The number of benzene rings is 3. The van der Waals surface area contributed by atoms with Crippen LogP contribution in [0.1, 0.15) is 32.6 Å². The van der Waals surface area contributed by atoms with Crippen molar-refractivity contribution in [1.29, 1.82) is 0 Å². The molecule has 0 radical (unpaired) electrons. The minimum Gasteiger partial charge on any atom is -0.488 e. The molecule has 0 bridgehead atoms. The molecule has 6 rings (SSSR count). The zero-order valence-electron chi connectivity index (χ0n) is 23.9. The summed E-state index contributed by atoms with van der Waals surface area (Å²) in [6.07, 6.45) is 1.20. The van der Waals surface area contributed by atoms with Gasteiger partial charge in [-0.15, -0.1) is 9.24 Å². The lowest BCUT2D eigenvalue weighted by molar-refractivity contribution is 0.231. The monoisotopic (exact) mass is 599 g/mol. The number of ether oxygens (including phenoxy) is 1. The van der Waals surface area contributed by atoms with Gasteiger partial charge in [-0.3, -0.25) is 4.79 Å². The van der Waals surface area contributed by atoms with E-state index in [9.17, 15) is 9.18 Å². The van der Waals surface area contributed by atoms with Crippen LogP contribution >= 0.6 is 9.24 Å². The summed E-state index contributed by atoms with van der Waals surface area (Å²) in [5.74, 6) is -0.316. The molecular formula is C32H28F2N5O3P. The molecule has 1 N–H and O–H groups in total. The number of anilines is 1. The molecule has 2 atom stereocenters. The van der Waals surface area contributed by atoms with Crippen LogP contribution in [0.2, 0.25) is 0 Å². The standard InChI is InChI=1S/C32H28F2N5O3P/c1-16(2)41-23-12-11-19(14-22(23)34)28-27-31(35-4)36-15-37-32(27)39(38-28)17(3)30-25(18-7-5-8-20(43)13-18)29(40)26-21(33)9-6-10-24(26)42-30/h5-17H,43H2,1-4H3,(H,35,36,37). The maximum absolute atomic E-state index is 15.1. The lowest BCUT2D eigenvalue weighted by atomic mass is 9.99. The Hall–Kier alpha value is -4.69. The average molecular weight is 600 g/mol. The first-order valence-corrected chi connectivity index (χ1v) is 14.2. The van der Waals surface area contributed by atoms with Crippen molar-refractivity contribution in [3.05, 3.63) is 94.6 Å². The topological polar surface area (TPSA) is 95.1 Å². The fourth-order valence-electron chi connectivity index (χ4n) is 5.22. The van der Waals surface area contributed by atoms with E-state index < -0.39 is 23.1 Å². The van der Waals surface area contributed by atoms with Gasteiger partial charge in [0.15, 0.2) is 17.2 Å². The smallest absolute Gasteiger partial charge is 0.203 e. The molecule has 3 heterocycles. The molecule has 11 heteroatoms. The highest BCUT2D eigenvalue weighted by molar-refractivity contribution is 7.27. The molecule has 0 saturated heterocycles. The van der Waals surface area contributed by atoms with Crippen molar-refractivity contribution < 1.29 is 17.9 Å². The van der Waals surface area contributed by atoms with E-state index in [2.05, 4.69) is 24.5 Å². The van der Waals surface area contributed by atoms with Gasteiger partial charge in [0.05, 0.1) is 17.1 Å². The Balaban J connectivity index is 1.61. The molecule has 8 nitrogen and oxygen atoms in total. The molecule has 3 aromatic heterocycles. The van der Waals surface area contributed by atoms with E-state index in [0.717, 1.165) is 5.30 Å². The number of rotatable bonds is 7. The van der Waals surface area contributed by atoms with Crippen LogP contribution in [0.5, 0.6) is 5.75 Å². The molecule has 3 aromatic carbocycles. The lowest BCUT2D eigenvalue weighted by Crippen LogP contribution is -2.17. The molecule has 0 spiro atoms. The first-order valence-electron chi connectivity index (χ1n) is 13.7. The first kappa shape index (κ1) is 28.4. The van der Waals surface area contributed by atoms with Gasteiger partial charge >= 0.3 is 0 Å². The van der Waals surface area contributed by atoms with Gasteiger partial charge in [0, 0.05) is 12.6 Å². The summed E-state index contributed by atoms with van der Waals surface area (Å²) in [6.45, 7) is 5.46. The molecule has 6 aromatic rings. The third-order valence-electron chi connectivity index (χ3n) is 7.11. The van der Waals surface area contributed by atoms with E-state index in [0.29, 0.717) is 33.7 Å². The summed E-state index contributed by atoms with van der Waals surface area (Å²) in [5.41, 5.74) is 1.72. The zero-order chi connectivity index (χ0) is 30.4. The van der Waals surface area contributed by atoms with Crippen molar-refractivity contribution in [2.45, 2.75) is 32.9 Å². The largest absolute Gasteiger partial charge is 0.488 e. The maximum atomic E-state index is 15.1. The Bertz CT molecular complexity index is 2080. The highest BCUT2D eigenvalue weighted by atomic mass is 31.0. The molecule has 2 unspecified atom stereocenters. The number of aromatic nitrogens is 4. The number of nitrogens with one attached hydrogen (secondary N) is 1. The lowest BCUT2D eigenvalue weighted by Gasteiger charge is -2.17. The summed E-state index contributed by atoms with van der Waals surface area (Å²) in [5, 5.41) is 9.21. The van der Waals surface area contributed by atoms with Crippen LogP contribution in [-0.4, -0.2) is 32.9 Å². The third-order valence-corrected chi connectivity index (χ3v) is 7.47. The second-order valence-electron chi connectivity index (χ2n) is 10.4. The zero-order valence-corrected chi connectivity index (χ0v) is 25.0. The van der Waals surface area contributed by atoms with Gasteiger partial charge in [-0.1, -0.05) is 24.3 Å². The van der Waals surface area contributed by atoms with E-state index in [1.165, 1.54) is 24.5 Å². The van der Waals surface area contributed by atoms with Crippen LogP contribution in [0.15, 0.2) is 76.2 Å². The molecule has 218 valence electrons. The molecular weight excluding hydrogens is 571 g/mol. The van der Waals surface area contributed by atoms with Crippen molar-refractivity contribution >= 4 is 42.4 Å². The number of halogens is 2. The second-order valence-corrected chi connectivity index (χ2v) is 11.0. The van der Waals surface area contributed by atoms with Crippen molar-refractivity contribution in [1.82, 2.24) is 19.7 Å². The summed E-state index contributed by atoms with van der Waals surface area (Å²) in [6, 6.07) is 15.5. The maximum Gasteiger partial charge on any atom is 0.203 e. The van der Waals surface area contributed by atoms with E-state index in [-0.39, 0.29) is 34.1 Å². The Kier molecular flexibility index (Phi) is 7.40. The first-order chi connectivity index (χ1) is 20.7. The summed E-state index contributed by atoms with van der Waals surface area (Å²) < 4.78 is 43.6. The van der Waals surface area contributed by atoms with E-state index in [1.807, 2.05) is 39.0 Å². The molecule has 0 aliphatic carbocycles. The van der Waals surface area contributed by atoms with E-state index >= 15 is 4.39 Å². The predicted molar refractivity (Wildman–Crippen MR) is 167 cm³/mol. The van der Waals surface area contributed by atoms with Crippen molar-refractivity contribution in [3.63, 3.8) is 0 Å². The second kappa shape index (κ2) is 11.2. The minimum atomic E-state index is -0.701. The number of hydrogen-bond acceptors (Lipinski definition) is 7. The quantitative estimate of drug-likeness (QED) is 0.210. The van der Waals surface area contributed by atoms with E-state index in [4.69, 9.17) is 14.3 Å². The normalized spacial score (nSPS) is 12.3. The highest BCUT2D eigenvalue weighted by Crippen LogP contribution is 2.38. The van der Waals surface area contributed by atoms with Crippen molar-refractivity contribution in [2.75, 3.05) is 12.4 Å². The van der Waals surface area contributed by atoms with Gasteiger partial charge in [0.1, 0.15) is 46.4 Å². The Morgan fingerprint density at radius 2 is 1.74 bits per heavy atom. The summed E-state index contributed by atoms with van der Waals surface area (Å²) in [4.78, 5) is 22.8. The van der Waals surface area contributed by atoms with Crippen LogP contribution in [0.4, 0.5) is 14.6 Å². The third kappa shape index (κ3) is 5.02. The molecule has 0 saturated carbocycles. The number of fused-ring (bicyclic) bond motifs is 2. The molecule has 0 aliphatic heterocycles. The summed E-state index contributed by atoms with van der Waals surface area (Å²) in [7, 11) is 4.32. The van der Waals surface area contributed by atoms with Gasteiger partial charge in [0.2, 0.25) is 5.43 Å². The van der Waals surface area contributed by atoms with Crippen LogP contribution in [0.25, 0.3) is 44.4 Å². The Morgan fingerprint density at radius 3 is 2.47 bits per heavy atom. The van der Waals surface area contributed by atoms with Gasteiger partial charge in [-0.05, 0) is 68.0 Å². The highest BCUT2D eigenvalue weighted by Gasteiger charge is 2.28. The fourth-order valence-corrected chi connectivity index (χ4v) is 5.51. The van der Waals surface area contributed by atoms with Gasteiger partial charge in [-0.25, -0.2) is 23.4 Å². The van der Waals surface area contributed by atoms with E-state index in [1.54, 1.807) is 36.0 Å². The van der Waals surface area contributed by atoms with Gasteiger partial charge < -0.3 is 14.5 Å². The number of nitrogens with zero attached hydrogens (tertiary/aromatic N) is 4. The SMILES string of the molecule is CNc1ncnc2c1c(-c1ccc(OC(C)C)c(F)c1)nn2C(C)c1oc2cccc(F)c2c(=O)c1-c1cccc(P)c1. The predicted octanol–water partition coefficient (Wildman–Crippen LogP) is 6.48. The fraction of sp³-hybridized carbons (Fsp3) is 0.188. The molecule has 0 aliphatic rings. The van der Waals surface area contributed by atoms with Crippen LogP contribution < -0.4 is 20.8 Å². The average Bonchev–Trinajstić information content (AvgIpc) is 3.37. The Labute approximate surface area is 247 Å². The summed E-state index contributed by atoms with van der Waals surface area (Å²) >= 11 is 0. The number of hydrogen-bond donors (Lipinski definition) is 1. The van der Waals surface area contributed by atoms with Crippen molar-refractivity contribution in [2.24, 2.45) is 0 Å².